The normalized spacial score (nSPS) is 24.0. The monoisotopic (exact) mass is 452 g/mol. The van der Waals surface area contributed by atoms with Crippen molar-refractivity contribution in [3.05, 3.63) is 22.4 Å². The van der Waals surface area contributed by atoms with E-state index in [0.29, 0.717) is 24.7 Å². The van der Waals surface area contributed by atoms with E-state index < -0.39 is 12.1 Å². The highest BCUT2D eigenvalue weighted by Gasteiger charge is 2.41. The van der Waals surface area contributed by atoms with Gasteiger partial charge in [0.15, 0.2) is 0 Å². The van der Waals surface area contributed by atoms with Crippen LogP contribution in [0.3, 0.4) is 0 Å². The van der Waals surface area contributed by atoms with Crippen LogP contribution in [0.25, 0.3) is 0 Å². The standard InChI is InChI=1S/C17H26N2O3S.C2HF3O2/c1-18(2)17(20)11-21-10-14-7-15-16(8-14)22-5-4-19(15)9-13-3-6-23-12-13;3-2(4,5)1(6)7/h3,6,12,14-16H,4-5,7-11H2,1-2H3;(H,6,7). The predicted octanol–water partition coefficient (Wildman–Crippen LogP) is 2.47. The second-order valence-corrected chi connectivity index (χ2v) is 8.30. The van der Waals surface area contributed by atoms with Gasteiger partial charge in [-0.3, -0.25) is 9.69 Å². The summed E-state index contributed by atoms with van der Waals surface area (Å²) in [4.78, 5) is 24.6. The Bertz CT molecular complexity index is 684. The molecule has 3 unspecified atom stereocenters. The minimum Gasteiger partial charge on any atom is -0.475 e. The lowest BCUT2D eigenvalue weighted by Gasteiger charge is -2.37. The highest BCUT2D eigenvalue weighted by atomic mass is 32.1. The van der Waals surface area contributed by atoms with Crippen molar-refractivity contribution in [2.45, 2.75) is 37.7 Å². The van der Waals surface area contributed by atoms with Crippen LogP contribution in [0.1, 0.15) is 18.4 Å². The molecule has 30 heavy (non-hydrogen) atoms. The van der Waals surface area contributed by atoms with Gasteiger partial charge in [-0.1, -0.05) is 0 Å². The Morgan fingerprint density at radius 3 is 2.63 bits per heavy atom. The van der Waals surface area contributed by atoms with Gasteiger partial charge in [-0.05, 0) is 41.1 Å². The van der Waals surface area contributed by atoms with Crippen molar-refractivity contribution in [1.29, 1.82) is 0 Å². The molecule has 0 bridgehead atoms. The number of hydrogen-bond acceptors (Lipinski definition) is 6. The fourth-order valence-electron chi connectivity index (χ4n) is 3.52. The Labute approximate surface area is 177 Å². The molecule has 3 rings (SSSR count). The number of carbonyl (C=O) groups excluding carboxylic acids is 1. The molecule has 0 radical (unpaired) electrons. The van der Waals surface area contributed by atoms with Crippen LogP contribution < -0.4 is 0 Å². The molecule has 1 saturated heterocycles. The Balaban J connectivity index is 0.000000396. The van der Waals surface area contributed by atoms with Gasteiger partial charge in [0.1, 0.15) is 6.61 Å². The van der Waals surface area contributed by atoms with Crippen molar-refractivity contribution < 1.29 is 37.3 Å². The first-order chi connectivity index (χ1) is 14.1. The van der Waals surface area contributed by atoms with Gasteiger partial charge < -0.3 is 19.5 Å². The van der Waals surface area contributed by atoms with Crippen LogP contribution in [-0.2, 0) is 25.6 Å². The van der Waals surface area contributed by atoms with E-state index in [1.165, 1.54) is 5.56 Å². The molecule has 0 aromatic carbocycles. The van der Waals surface area contributed by atoms with Crippen LogP contribution in [0.2, 0.25) is 0 Å². The summed E-state index contributed by atoms with van der Waals surface area (Å²) in [6.07, 6.45) is -2.62. The number of ether oxygens (including phenoxy) is 2. The molecule has 2 heterocycles. The number of alkyl halides is 3. The lowest BCUT2D eigenvalue weighted by molar-refractivity contribution is -0.192. The van der Waals surface area contributed by atoms with Crippen LogP contribution in [0.5, 0.6) is 0 Å². The molecule has 0 spiro atoms. The summed E-state index contributed by atoms with van der Waals surface area (Å²) in [5, 5.41) is 11.5. The zero-order chi connectivity index (χ0) is 22.3. The van der Waals surface area contributed by atoms with Gasteiger partial charge in [-0.25, -0.2) is 4.79 Å². The van der Waals surface area contributed by atoms with Crippen molar-refractivity contribution in [3.8, 4) is 0 Å². The Morgan fingerprint density at radius 1 is 1.37 bits per heavy atom. The maximum absolute atomic E-state index is 11.6. The number of fused-ring (bicyclic) bond motifs is 1. The predicted molar refractivity (Wildman–Crippen MR) is 104 cm³/mol. The number of hydrogen-bond donors (Lipinski definition) is 1. The Kier molecular flexibility index (Phi) is 9.08. The molecule has 3 atom stereocenters. The first-order valence-electron chi connectivity index (χ1n) is 9.52. The van der Waals surface area contributed by atoms with Gasteiger partial charge >= 0.3 is 12.1 Å². The Hall–Kier alpha value is -1.69. The van der Waals surface area contributed by atoms with Gasteiger partial charge in [-0.15, -0.1) is 0 Å². The maximum atomic E-state index is 11.6. The third-order valence-electron chi connectivity index (χ3n) is 5.04. The summed E-state index contributed by atoms with van der Waals surface area (Å²) in [6.45, 7) is 3.67. The largest absolute Gasteiger partial charge is 0.490 e. The summed E-state index contributed by atoms with van der Waals surface area (Å²) >= 11 is 1.76. The van der Waals surface area contributed by atoms with Crippen LogP contribution in [0, 0.1) is 5.92 Å². The van der Waals surface area contributed by atoms with Gasteiger partial charge in [0, 0.05) is 33.2 Å². The number of aliphatic carboxylic acids is 1. The topological polar surface area (TPSA) is 79.3 Å². The summed E-state index contributed by atoms with van der Waals surface area (Å²) < 4.78 is 43.3. The molecule has 1 saturated carbocycles. The zero-order valence-corrected chi connectivity index (χ0v) is 17.7. The van der Waals surface area contributed by atoms with Crippen LogP contribution in [0.4, 0.5) is 13.2 Å². The molecule has 7 nitrogen and oxygen atoms in total. The van der Waals surface area contributed by atoms with Crippen LogP contribution in [0.15, 0.2) is 16.8 Å². The average Bonchev–Trinajstić information content (AvgIpc) is 3.31. The fraction of sp³-hybridized carbons (Fsp3) is 0.684. The van der Waals surface area contributed by atoms with Gasteiger partial charge in [0.05, 0.1) is 19.3 Å². The number of rotatable bonds is 6. The van der Waals surface area contributed by atoms with E-state index >= 15 is 0 Å². The van der Waals surface area contributed by atoms with E-state index in [0.717, 1.165) is 32.5 Å². The first-order valence-corrected chi connectivity index (χ1v) is 10.5. The fourth-order valence-corrected chi connectivity index (χ4v) is 4.18. The third-order valence-corrected chi connectivity index (χ3v) is 5.77. The molecule has 1 aliphatic heterocycles. The average molecular weight is 452 g/mol. The molecule has 1 N–H and O–H groups in total. The van der Waals surface area contributed by atoms with E-state index in [2.05, 4.69) is 21.7 Å². The van der Waals surface area contributed by atoms with Crippen LogP contribution >= 0.6 is 11.3 Å². The lowest BCUT2D eigenvalue weighted by Crippen LogP contribution is -2.47. The summed E-state index contributed by atoms with van der Waals surface area (Å²) in [6, 6.07) is 2.69. The molecule has 1 aromatic rings. The minimum absolute atomic E-state index is 0.0238. The first kappa shape index (κ1) is 24.6. The van der Waals surface area contributed by atoms with Gasteiger partial charge in [0.2, 0.25) is 5.91 Å². The molecular weight excluding hydrogens is 425 g/mol. The molecule has 1 amide bonds. The second-order valence-electron chi connectivity index (χ2n) is 7.52. The number of morpholine rings is 1. The van der Waals surface area contributed by atoms with E-state index in [1.54, 1.807) is 30.3 Å². The molecular formula is C19H27F3N2O5S. The second kappa shape index (κ2) is 11.1. The lowest BCUT2D eigenvalue weighted by atomic mass is 10.1. The number of nitrogens with zero attached hydrogens (tertiary/aromatic N) is 2. The molecule has 170 valence electrons. The van der Waals surface area contributed by atoms with Crippen molar-refractivity contribution in [3.63, 3.8) is 0 Å². The molecule has 1 aromatic heterocycles. The summed E-state index contributed by atoms with van der Waals surface area (Å²) in [5.74, 6) is -2.24. The zero-order valence-electron chi connectivity index (χ0n) is 16.9. The van der Waals surface area contributed by atoms with E-state index in [-0.39, 0.29) is 12.5 Å². The van der Waals surface area contributed by atoms with Gasteiger partial charge in [0.25, 0.3) is 0 Å². The van der Waals surface area contributed by atoms with Crippen molar-refractivity contribution in [2.75, 3.05) is 40.5 Å². The van der Waals surface area contributed by atoms with Crippen molar-refractivity contribution >= 4 is 23.2 Å². The van der Waals surface area contributed by atoms with Crippen LogP contribution in [-0.4, -0.2) is 85.6 Å². The summed E-state index contributed by atoms with van der Waals surface area (Å²) in [7, 11) is 3.51. The number of carboxylic acids is 1. The highest BCUT2D eigenvalue weighted by molar-refractivity contribution is 7.07. The van der Waals surface area contributed by atoms with Gasteiger partial charge in [-0.2, -0.15) is 24.5 Å². The molecule has 11 heteroatoms. The Morgan fingerprint density at radius 2 is 2.07 bits per heavy atom. The number of carboxylic acid groups (broad SMARTS) is 1. The van der Waals surface area contributed by atoms with E-state index in [9.17, 15) is 18.0 Å². The third kappa shape index (κ3) is 7.53. The maximum Gasteiger partial charge on any atom is 0.490 e. The summed E-state index contributed by atoms with van der Waals surface area (Å²) in [5.41, 5.74) is 1.40. The van der Waals surface area contributed by atoms with Crippen molar-refractivity contribution in [2.24, 2.45) is 5.92 Å². The number of amides is 1. The molecule has 1 aliphatic carbocycles. The minimum atomic E-state index is -5.08. The van der Waals surface area contributed by atoms with Crippen molar-refractivity contribution in [1.82, 2.24) is 9.80 Å². The number of halogens is 3. The van der Waals surface area contributed by atoms with E-state index in [4.69, 9.17) is 19.4 Å². The smallest absolute Gasteiger partial charge is 0.475 e. The number of likely N-dealkylation sites (N-methyl/N-ethyl adjacent to an activating group) is 1. The quantitative estimate of drug-likeness (QED) is 0.715. The number of carbonyl (C=O) groups is 2. The highest BCUT2D eigenvalue weighted by Crippen LogP contribution is 2.35. The SMILES string of the molecule is CN(C)C(=O)COCC1CC2OCCN(Cc3ccsc3)C2C1.O=C(O)C(F)(F)F. The molecule has 2 aliphatic rings. The van der Waals surface area contributed by atoms with E-state index in [1.807, 2.05) is 0 Å². The number of thiophene rings is 1. The molecule has 2 fully saturated rings.